The van der Waals surface area contributed by atoms with E-state index in [2.05, 4.69) is 5.32 Å². The lowest BCUT2D eigenvalue weighted by molar-refractivity contribution is -0.139. The van der Waals surface area contributed by atoms with E-state index in [1.807, 2.05) is 0 Å². The maximum absolute atomic E-state index is 13.3. The fraction of sp³-hybridized carbons (Fsp3) is 0.300. The first-order valence-electron chi connectivity index (χ1n) is 9.12. The molecule has 2 rings (SSSR count). The lowest BCUT2D eigenvalue weighted by Gasteiger charge is -2.31. The summed E-state index contributed by atoms with van der Waals surface area (Å²) in [4.78, 5) is 26.8. The van der Waals surface area contributed by atoms with Gasteiger partial charge in [0.15, 0.2) is 0 Å². The molecule has 0 fully saturated rings. The third kappa shape index (κ3) is 6.74. The molecule has 0 aliphatic carbocycles. The minimum atomic E-state index is -3.90. The minimum absolute atomic E-state index is 0.0505. The van der Waals surface area contributed by atoms with Crippen molar-refractivity contribution in [2.24, 2.45) is 0 Å². The molecular weight excluding hydrogens is 485 g/mol. The van der Waals surface area contributed by atoms with Gasteiger partial charge in [-0.15, -0.1) is 0 Å². The van der Waals surface area contributed by atoms with E-state index < -0.39 is 34.4 Å². The van der Waals surface area contributed by atoms with Crippen molar-refractivity contribution in [1.29, 1.82) is 0 Å². The number of nitrogens with one attached hydrogen (secondary N) is 1. The highest BCUT2D eigenvalue weighted by molar-refractivity contribution is 7.92. The summed E-state index contributed by atoms with van der Waals surface area (Å²) in [5.41, 5.74) is 0.753. The number of carbonyl (C=O) groups is 2. The zero-order valence-electron chi connectivity index (χ0n) is 17.1. The summed E-state index contributed by atoms with van der Waals surface area (Å²) in [5.74, 6) is -1.00. The van der Waals surface area contributed by atoms with E-state index in [4.69, 9.17) is 34.8 Å². The summed E-state index contributed by atoms with van der Waals surface area (Å²) < 4.78 is 25.8. The molecule has 2 aromatic carbocycles. The molecule has 0 unspecified atom stereocenters. The van der Waals surface area contributed by atoms with Gasteiger partial charge in [0, 0.05) is 23.6 Å². The number of amides is 2. The van der Waals surface area contributed by atoms with Gasteiger partial charge in [-0.3, -0.25) is 13.9 Å². The van der Waals surface area contributed by atoms with E-state index in [0.717, 1.165) is 10.6 Å². The number of benzene rings is 2. The summed E-state index contributed by atoms with van der Waals surface area (Å²) in [7, 11) is -2.44. The number of anilines is 1. The first-order chi connectivity index (χ1) is 14.4. The van der Waals surface area contributed by atoms with Gasteiger partial charge in [0.05, 0.1) is 17.0 Å². The van der Waals surface area contributed by atoms with Crippen LogP contribution in [0.25, 0.3) is 0 Å². The fourth-order valence-corrected chi connectivity index (χ4v) is 4.40. The van der Waals surface area contributed by atoms with Gasteiger partial charge in [-0.2, -0.15) is 0 Å². The van der Waals surface area contributed by atoms with Crippen LogP contribution in [0.15, 0.2) is 42.5 Å². The van der Waals surface area contributed by atoms with Gasteiger partial charge in [-0.1, -0.05) is 46.9 Å². The molecule has 0 aliphatic heterocycles. The zero-order chi connectivity index (χ0) is 23.3. The van der Waals surface area contributed by atoms with Crippen LogP contribution in [0.4, 0.5) is 5.69 Å². The first-order valence-corrected chi connectivity index (χ1v) is 12.1. The highest BCUT2D eigenvalue weighted by Crippen LogP contribution is 2.31. The number of hydrogen-bond acceptors (Lipinski definition) is 4. The first kappa shape index (κ1) is 25.3. The Bertz CT molecular complexity index is 1080. The van der Waals surface area contributed by atoms with Gasteiger partial charge in [0.1, 0.15) is 12.6 Å². The van der Waals surface area contributed by atoms with Gasteiger partial charge < -0.3 is 10.2 Å². The average Bonchev–Trinajstić information content (AvgIpc) is 2.70. The second kappa shape index (κ2) is 10.5. The van der Waals surface area contributed by atoms with Crippen molar-refractivity contribution in [3.05, 3.63) is 63.1 Å². The standard InChI is InChI=1S/C20H22Cl3N3O4S/c1-13(20(28)24-2)25(11-14-5-4-6-15(21)9-14)19(27)12-26(31(3,29)30)18-10-16(22)7-8-17(18)23/h4-10,13H,11-12H2,1-3H3,(H,24,28)/t13-/m0/s1. The molecule has 0 saturated carbocycles. The van der Waals surface area contributed by atoms with Crippen LogP contribution in [0.2, 0.25) is 15.1 Å². The van der Waals surface area contributed by atoms with Gasteiger partial charge in [0.25, 0.3) is 0 Å². The molecule has 31 heavy (non-hydrogen) atoms. The third-order valence-corrected chi connectivity index (χ3v) is 6.43. The number of hydrogen-bond donors (Lipinski definition) is 1. The molecule has 0 saturated heterocycles. The van der Waals surface area contributed by atoms with Crippen molar-refractivity contribution >= 4 is 62.3 Å². The number of likely N-dealkylation sites (N-methyl/N-ethyl adjacent to an activating group) is 1. The van der Waals surface area contributed by atoms with Crippen molar-refractivity contribution in [2.75, 3.05) is 24.2 Å². The van der Waals surface area contributed by atoms with Crippen molar-refractivity contribution in [3.8, 4) is 0 Å². The molecular formula is C20H22Cl3N3O4S. The van der Waals surface area contributed by atoms with Crippen molar-refractivity contribution in [2.45, 2.75) is 19.5 Å². The smallest absolute Gasteiger partial charge is 0.244 e. The Morgan fingerprint density at radius 3 is 2.29 bits per heavy atom. The van der Waals surface area contributed by atoms with Crippen molar-refractivity contribution in [3.63, 3.8) is 0 Å². The zero-order valence-corrected chi connectivity index (χ0v) is 20.2. The van der Waals surface area contributed by atoms with Crippen LogP contribution in [0.3, 0.4) is 0 Å². The Morgan fingerprint density at radius 1 is 1.06 bits per heavy atom. The minimum Gasteiger partial charge on any atom is -0.357 e. The van der Waals surface area contributed by atoms with E-state index >= 15 is 0 Å². The van der Waals surface area contributed by atoms with Crippen LogP contribution in [0.5, 0.6) is 0 Å². The number of nitrogens with zero attached hydrogens (tertiary/aromatic N) is 2. The predicted octanol–water partition coefficient (Wildman–Crippen LogP) is 3.58. The molecule has 11 heteroatoms. The highest BCUT2D eigenvalue weighted by atomic mass is 35.5. The Labute approximate surface area is 196 Å². The topological polar surface area (TPSA) is 86.8 Å². The summed E-state index contributed by atoms with van der Waals surface area (Å²) >= 11 is 18.2. The predicted molar refractivity (Wildman–Crippen MR) is 124 cm³/mol. The number of carbonyl (C=O) groups excluding carboxylic acids is 2. The molecule has 0 bridgehead atoms. The maximum Gasteiger partial charge on any atom is 0.244 e. The summed E-state index contributed by atoms with van der Waals surface area (Å²) in [6, 6.07) is 10.3. The largest absolute Gasteiger partial charge is 0.357 e. The molecule has 0 aliphatic rings. The third-order valence-electron chi connectivity index (χ3n) is 4.51. The van der Waals surface area contributed by atoms with E-state index in [9.17, 15) is 18.0 Å². The van der Waals surface area contributed by atoms with E-state index in [-0.39, 0.29) is 22.3 Å². The molecule has 2 aromatic rings. The lowest BCUT2D eigenvalue weighted by Crippen LogP contribution is -2.50. The monoisotopic (exact) mass is 505 g/mol. The normalized spacial score (nSPS) is 12.2. The molecule has 168 valence electrons. The molecule has 0 heterocycles. The molecule has 1 atom stereocenters. The molecule has 1 N–H and O–H groups in total. The van der Waals surface area contributed by atoms with Crippen LogP contribution >= 0.6 is 34.8 Å². The second-order valence-electron chi connectivity index (χ2n) is 6.81. The van der Waals surface area contributed by atoms with Gasteiger partial charge in [0.2, 0.25) is 21.8 Å². The van der Waals surface area contributed by atoms with Gasteiger partial charge >= 0.3 is 0 Å². The number of rotatable bonds is 8. The van der Waals surface area contributed by atoms with Crippen LogP contribution in [-0.4, -0.2) is 51.0 Å². The SMILES string of the molecule is CNC(=O)[C@H](C)N(Cc1cccc(Cl)c1)C(=O)CN(c1cc(Cl)ccc1Cl)S(C)(=O)=O. The quantitative estimate of drug-likeness (QED) is 0.593. The van der Waals surface area contributed by atoms with Crippen LogP contribution in [-0.2, 0) is 26.2 Å². The molecule has 0 spiro atoms. The van der Waals surface area contributed by atoms with E-state index in [0.29, 0.717) is 10.6 Å². The number of halogens is 3. The molecule has 0 radical (unpaired) electrons. The Balaban J connectivity index is 2.43. The Kier molecular flexibility index (Phi) is 8.59. The Hall–Kier alpha value is -2.00. The number of sulfonamides is 1. The second-order valence-corrected chi connectivity index (χ2v) is 9.99. The Morgan fingerprint density at radius 2 is 1.71 bits per heavy atom. The maximum atomic E-state index is 13.3. The lowest BCUT2D eigenvalue weighted by atomic mass is 10.1. The van der Waals surface area contributed by atoms with Gasteiger partial charge in [-0.25, -0.2) is 8.42 Å². The molecule has 2 amide bonds. The van der Waals surface area contributed by atoms with Gasteiger partial charge in [-0.05, 0) is 42.8 Å². The van der Waals surface area contributed by atoms with Crippen molar-refractivity contribution in [1.82, 2.24) is 10.2 Å². The van der Waals surface area contributed by atoms with Crippen molar-refractivity contribution < 1.29 is 18.0 Å². The summed E-state index contributed by atoms with van der Waals surface area (Å²) in [6.07, 6.45) is 0.959. The molecule has 7 nitrogen and oxygen atoms in total. The molecule has 0 aromatic heterocycles. The van der Waals surface area contributed by atoms with Crippen LogP contribution < -0.4 is 9.62 Å². The summed E-state index contributed by atoms with van der Waals surface area (Å²) in [5, 5.41) is 3.35. The van der Waals surface area contributed by atoms with Crippen LogP contribution in [0.1, 0.15) is 12.5 Å². The highest BCUT2D eigenvalue weighted by Gasteiger charge is 2.30. The van der Waals surface area contributed by atoms with E-state index in [1.54, 1.807) is 31.2 Å². The fourth-order valence-electron chi connectivity index (χ4n) is 2.90. The van der Waals surface area contributed by atoms with Crippen LogP contribution in [0, 0.1) is 0 Å². The average molecular weight is 507 g/mol. The summed E-state index contributed by atoms with van der Waals surface area (Å²) in [6.45, 7) is 1.04. The van der Waals surface area contributed by atoms with E-state index in [1.165, 1.54) is 30.1 Å².